The smallest absolute Gasteiger partial charge is 0.340 e. The lowest BCUT2D eigenvalue weighted by molar-refractivity contribution is -0.137. The van der Waals surface area contributed by atoms with Crippen molar-refractivity contribution in [2.24, 2.45) is 0 Å². The van der Waals surface area contributed by atoms with Crippen LogP contribution in [0.4, 0.5) is 30.4 Å². The van der Waals surface area contributed by atoms with Crippen LogP contribution in [0.1, 0.15) is 21.9 Å². The van der Waals surface area contributed by atoms with E-state index in [4.69, 9.17) is 0 Å². The minimum atomic E-state index is -4.40. The first-order valence-electron chi connectivity index (χ1n) is 7.97. The van der Waals surface area contributed by atoms with Gasteiger partial charge < -0.3 is 10.6 Å². The second kappa shape index (κ2) is 7.45. The van der Waals surface area contributed by atoms with Crippen molar-refractivity contribution in [2.45, 2.75) is 13.1 Å². The van der Waals surface area contributed by atoms with Gasteiger partial charge in [0.1, 0.15) is 17.3 Å². The van der Waals surface area contributed by atoms with Crippen molar-refractivity contribution in [3.05, 3.63) is 77.7 Å². The van der Waals surface area contributed by atoms with Crippen molar-refractivity contribution in [3.63, 3.8) is 0 Å². The van der Waals surface area contributed by atoms with Crippen molar-refractivity contribution in [3.8, 4) is 0 Å². The molecule has 0 saturated heterocycles. The standard InChI is InChI=1S/C19H15F3N4O/c1-12-23-16(18(27)26-14-5-3-2-4-6-14)11-17(24-12)25-15-9-7-13(8-10-15)19(20,21)22/h2-11H,1H3,(H,26,27)(H,23,24,25). The Labute approximate surface area is 153 Å². The number of aromatic nitrogens is 2. The molecule has 0 unspecified atom stereocenters. The van der Waals surface area contributed by atoms with Gasteiger partial charge in [-0.2, -0.15) is 13.2 Å². The largest absolute Gasteiger partial charge is 0.416 e. The molecule has 0 aliphatic rings. The highest BCUT2D eigenvalue weighted by Gasteiger charge is 2.29. The first kappa shape index (κ1) is 18.4. The second-order valence-corrected chi connectivity index (χ2v) is 5.71. The molecular weight excluding hydrogens is 357 g/mol. The van der Waals surface area contributed by atoms with E-state index in [1.807, 2.05) is 6.07 Å². The van der Waals surface area contributed by atoms with Gasteiger partial charge in [0, 0.05) is 17.4 Å². The monoisotopic (exact) mass is 372 g/mol. The van der Waals surface area contributed by atoms with Gasteiger partial charge in [0.25, 0.3) is 5.91 Å². The zero-order valence-corrected chi connectivity index (χ0v) is 14.2. The molecule has 0 fully saturated rings. The van der Waals surface area contributed by atoms with Crippen LogP contribution in [0.5, 0.6) is 0 Å². The molecule has 0 radical (unpaired) electrons. The van der Waals surface area contributed by atoms with Crippen molar-refractivity contribution < 1.29 is 18.0 Å². The molecule has 5 nitrogen and oxygen atoms in total. The summed E-state index contributed by atoms with van der Waals surface area (Å²) in [6.07, 6.45) is -4.40. The molecule has 0 aliphatic heterocycles. The Bertz CT molecular complexity index is 941. The normalized spacial score (nSPS) is 11.1. The van der Waals surface area contributed by atoms with E-state index in [1.54, 1.807) is 31.2 Å². The average molecular weight is 372 g/mol. The molecule has 2 N–H and O–H groups in total. The van der Waals surface area contributed by atoms with E-state index in [-0.39, 0.29) is 5.69 Å². The van der Waals surface area contributed by atoms with Gasteiger partial charge >= 0.3 is 6.18 Å². The number of alkyl halides is 3. The van der Waals surface area contributed by atoms with Crippen molar-refractivity contribution in [2.75, 3.05) is 10.6 Å². The van der Waals surface area contributed by atoms with Crippen molar-refractivity contribution >= 4 is 23.1 Å². The van der Waals surface area contributed by atoms with Crippen LogP contribution in [0.25, 0.3) is 0 Å². The number of hydrogen-bond acceptors (Lipinski definition) is 4. The third-order valence-corrected chi connectivity index (χ3v) is 3.59. The highest BCUT2D eigenvalue weighted by Crippen LogP contribution is 2.30. The minimum absolute atomic E-state index is 0.140. The molecule has 0 spiro atoms. The Hall–Kier alpha value is -3.42. The summed E-state index contributed by atoms with van der Waals surface area (Å²) in [5.41, 5.74) is 0.433. The highest BCUT2D eigenvalue weighted by atomic mass is 19.4. The summed E-state index contributed by atoms with van der Waals surface area (Å²) < 4.78 is 37.9. The fourth-order valence-corrected chi connectivity index (χ4v) is 2.36. The number of benzene rings is 2. The Morgan fingerprint density at radius 1 is 0.926 bits per heavy atom. The molecule has 0 aliphatic carbocycles. The summed E-state index contributed by atoms with van der Waals surface area (Å²) in [6, 6.07) is 14.9. The third-order valence-electron chi connectivity index (χ3n) is 3.59. The maximum Gasteiger partial charge on any atom is 0.416 e. The van der Waals surface area contributed by atoms with Crippen LogP contribution in [-0.4, -0.2) is 15.9 Å². The molecule has 0 saturated carbocycles. The minimum Gasteiger partial charge on any atom is -0.340 e. The molecule has 138 valence electrons. The van der Waals surface area contributed by atoms with Gasteiger partial charge in [0.2, 0.25) is 0 Å². The van der Waals surface area contributed by atoms with Gasteiger partial charge in [-0.25, -0.2) is 9.97 Å². The molecule has 3 aromatic rings. The van der Waals surface area contributed by atoms with Crippen LogP contribution in [-0.2, 0) is 6.18 Å². The number of rotatable bonds is 4. The predicted octanol–water partition coefficient (Wildman–Crippen LogP) is 4.80. The summed E-state index contributed by atoms with van der Waals surface area (Å²) in [4.78, 5) is 20.6. The molecule has 0 atom stereocenters. The summed E-state index contributed by atoms with van der Waals surface area (Å²) in [5.74, 6) is 0.243. The third kappa shape index (κ3) is 4.81. The van der Waals surface area contributed by atoms with Gasteiger partial charge in [-0.3, -0.25) is 4.79 Å². The predicted molar refractivity (Wildman–Crippen MR) is 95.9 cm³/mol. The molecule has 1 heterocycles. The lowest BCUT2D eigenvalue weighted by atomic mass is 10.2. The first-order valence-corrected chi connectivity index (χ1v) is 7.97. The average Bonchev–Trinajstić information content (AvgIpc) is 2.62. The molecule has 1 amide bonds. The SMILES string of the molecule is Cc1nc(Nc2ccc(C(F)(F)F)cc2)cc(C(=O)Nc2ccccc2)n1. The van der Waals surface area contributed by atoms with E-state index in [1.165, 1.54) is 18.2 Å². The van der Waals surface area contributed by atoms with Crippen LogP contribution in [0, 0.1) is 6.92 Å². The van der Waals surface area contributed by atoms with Crippen LogP contribution >= 0.6 is 0 Å². The van der Waals surface area contributed by atoms with E-state index in [0.717, 1.165) is 12.1 Å². The molecule has 1 aromatic heterocycles. The Kier molecular flexibility index (Phi) is 5.07. The fraction of sp³-hybridized carbons (Fsp3) is 0.105. The van der Waals surface area contributed by atoms with Gasteiger partial charge in [-0.05, 0) is 43.3 Å². The lowest BCUT2D eigenvalue weighted by Crippen LogP contribution is -2.15. The number of carbonyl (C=O) groups excluding carboxylic acids is 1. The van der Waals surface area contributed by atoms with Gasteiger partial charge in [-0.1, -0.05) is 18.2 Å². The van der Waals surface area contributed by atoms with Crippen molar-refractivity contribution in [1.82, 2.24) is 9.97 Å². The van der Waals surface area contributed by atoms with E-state index in [2.05, 4.69) is 20.6 Å². The number of carbonyl (C=O) groups is 1. The molecule has 2 aromatic carbocycles. The molecule has 3 rings (SSSR count). The number of nitrogens with one attached hydrogen (secondary N) is 2. The molecular formula is C19H15F3N4O. The number of halogens is 3. The van der Waals surface area contributed by atoms with E-state index in [9.17, 15) is 18.0 Å². The number of para-hydroxylation sites is 1. The Balaban J connectivity index is 1.78. The number of aryl methyl sites for hydroxylation is 1. The second-order valence-electron chi connectivity index (χ2n) is 5.71. The Morgan fingerprint density at radius 2 is 1.59 bits per heavy atom. The summed E-state index contributed by atoms with van der Waals surface area (Å²) in [6.45, 7) is 1.62. The van der Waals surface area contributed by atoms with Gasteiger partial charge in [0.15, 0.2) is 0 Å². The quantitative estimate of drug-likeness (QED) is 0.690. The van der Waals surface area contributed by atoms with E-state index < -0.39 is 17.6 Å². The lowest BCUT2D eigenvalue weighted by Gasteiger charge is -2.11. The maximum atomic E-state index is 12.6. The first-order chi connectivity index (χ1) is 12.8. The maximum absolute atomic E-state index is 12.6. The fourth-order valence-electron chi connectivity index (χ4n) is 2.36. The molecule has 0 bridgehead atoms. The number of hydrogen-bond donors (Lipinski definition) is 2. The van der Waals surface area contributed by atoms with E-state index in [0.29, 0.717) is 23.0 Å². The summed E-state index contributed by atoms with van der Waals surface area (Å²) in [5, 5.41) is 5.60. The van der Waals surface area contributed by atoms with Crippen molar-refractivity contribution in [1.29, 1.82) is 0 Å². The zero-order valence-electron chi connectivity index (χ0n) is 14.2. The van der Waals surface area contributed by atoms with Gasteiger partial charge in [0.05, 0.1) is 5.56 Å². The van der Waals surface area contributed by atoms with E-state index >= 15 is 0 Å². The highest BCUT2D eigenvalue weighted by molar-refractivity contribution is 6.03. The topological polar surface area (TPSA) is 66.9 Å². The number of anilines is 3. The zero-order chi connectivity index (χ0) is 19.4. The molecule has 8 heteroatoms. The number of amides is 1. The molecule has 27 heavy (non-hydrogen) atoms. The summed E-state index contributed by atoms with van der Waals surface area (Å²) >= 11 is 0. The van der Waals surface area contributed by atoms with Crippen LogP contribution in [0.2, 0.25) is 0 Å². The van der Waals surface area contributed by atoms with Gasteiger partial charge in [-0.15, -0.1) is 0 Å². The number of nitrogens with zero attached hydrogens (tertiary/aromatic N) is 2. The van der Waals surface area contributed by atoms with Crippen LogP contribution < -0.4 is 10.6 Å². The summed E-state index contributed by atoms with van der Waals surface area (Å²) in [7, 11) is 0. The van der Waals surface area contributed by atoms with Crippen LogP contribution in [0.15, 0.2) is 60.7 Å². The van der Waals surface area contributed by atoms with Crippen LogP contribution in [0.3, 0.4) is 0 Å². The Morgan fingerprint density at radius 3 is 2.22 bits per heavy atom.